The fourth-order valence-electron chi connectivity index (χ4n) is 2.92. The first-order chi connectivity index (χ1) is 11.2. The third kappa shape index (κ3) is 5.56. The average molecular weight is 387 g/mol. The second-order valence-electron chi connectivity index (χ2n) is 5.96. The lowest BCUT2D eigenvalue weighted by atomic mass is 9.97. The molecule has 0 amide bonds. The first kappa shape index (κ1) is 19.4. The Morgan fingerprint density at radius 3 is 2.54 bits per heavy atom. The molecule has 1 aliphatic carbocycles. The summed E-state index contributed by atoms with van der Waals surface area (Å²) in [5.74, 6) is 1.72. The zero-order valence-electron chi connectivity index (χ0n) is 13.5. The van der Waals surface area contributed by atoms with Crippen LogP contribution in [0.25, 0.3) is 11.3 Å². The highest BCUT2D eigenvalue weighted by atomic mass is 35.5. The highest BCUT2D eigenvalue weighted by Crippen LogP contribution is 2.28. The molecule has 0 unspecified atom stereocenters. The number of rotatable bonds is 6. The maximum atomic E-state index is 6.04. The first-order valence-corrected chi connectivity index (χ1v) is 8.90. The van der Waals surface area contributed by atoms with Gasteiger partial charge in [-0.15, -0.1) is 12.4 Å². The lowest BCUT2D eigenvalue weighted by molar-refractivity contribution is 0.493. The van der Waals surface area contributed by atoms with Crippen molar-refractivity contribution < 1.29 is 4.42 Å². The van der Waals surface area contributed by atoms with Crippen LogP contribution >= 0.6 is 35.6 Å². The van der Waals surface area contributed by atoms with Gasteiger partial charge in [0.2, 0.25) is 0 Å². The number of nitrogens with one attached hydrogen (secondary N) is 1. The molecule has 1 N–H and O–H groups in total. The molecule has 24 heavy (non-hydrogen) atoms. The van der Waals surface area contributed by atoms with Crippen molar-refractivity contribution in [3.05, 3.63) is 57.8 Å². The molecular formula is C19H22Cl3NO. The van der Waals surface area contributed by atoms with Crippen molar-refractivity contribution in [2.45, 2.75) is 38.6 Å². The summed E-state index contributed by atoms with van der Waals surface area (Å²) in [5.41, 5.74) is 2.50. The molecule has 1 aromatic heterocycles. The second-order valence-corrected chi connectivity index (χ2v) is 6.83. The minimum Gasteiger partial charge on any atom is -0.460 e. The van der Waals surface area contributed by atoms with Gasteiger partial charge in [-0.05, 0) is 69.0 Å². The van der Waals surface area contributed by atoms with Crippen LogP contribution in [0.15, 0.2) is 46.4 Å². The Bertz CT molecular complexity index is 673. The van der Waals surface area contributed by atoms with Gasteiger partial charge in [0.25, 0.3) is 0 Å². The zero-order chi connectivity index (χ0) is 16.1. The SMILES string of the molecule is Cl.Clc1cc(Cl)cc(-c2ccc(CNCCC3=CCCCC3)o2)c1. The van der Waals surface area contributed by atoms with Crippen LogP contribution in [0.3, 0.4) is 0 Å². The summed E-state index contributed by atoms with van der Waals surface area (Å²) in [6.07, 6.45) is 8.74. The van der Waals surface area contributed by atoms with Crippen LogP contribution in [0.1, 0.15) is 37.9 Å². The van der Waals surface area contributed by atoms with Crippen molar-refractivity contribution in [3.63, 3.8) is 0 Å². The number of benzene rings is 1. The van der Waals surface area contributed by atoms with Crippen molar-refractivity contribution in [1.82, 2.24) is 5.32 Å². The molecule has 1 heterocycles. The van der Waals surface area contributed by atoms with Crippen LogP contribution in [0.5, 0.6) is 0 Å². The van der Waals surface area contributed by atoms with Crippen LogP contribution < -0.4 is 5.32 Å². The number of allylic oxidation sites excluding steroid dienone is 1. The Morgan fingerprint density at radius 1 is 1.04 bits per heavy atom. The Morgan fingerprint density at radius 2 is 1.83 bits per heavy atom. The Hall–Kier alpha value is -0.930. The summed E-state index contributed by atoms with van der Waals surface area (Å²) in [6, 6.07) is 9.40. The second kappa shape index (κ2) is 9.53. The van der Waals surface area contributed by atoms with Crippen molar-refractivity contribution in [3.8, 4) is 11.3 Å². The lowest BCUT2D eigenvalue weighted by Crippen LogP contribution is -2.15. The van der Waals surface area contributed by atoms with Gasteiger partial charge in [0.15, 0.2) is 0 Å². The molecule has 0 spiro atoms. The Balaban J connectivity index is 0.00000208. The third-order valence-electron chi connectivity index (χ3n) is 4.12. The third-order valence-corrected chi connectivity index (χ3v) is 4.55. The number of furan rings is 1. The first-order valence-electron chi connectivity index (χ1n) is 8.14. The zero-order valence-corrected chi connectivity index (χ0v) is 15.8. The Kier molecular flexibility index (Phi) is 7.70. The van der Waals surface area contributed by atoms with Gasteiger partial charge in [0.1, 0.15) is 11.5 Å². The van der Waals surface area contributed by atoms with E-state index in [2.05, 4.69) is 11.4 Å². The van der Waals surface area contributed by atoms with Gasteiger partial charge in [0.05, 0.1) is 6.54 Å². The van der Waals surface area contributed by atoms with E-state index in [1.807, 2.05) is 24.3 Å². The van der Waals surface area contributed by atoms with E-state index in [4.69, 9.17) is 27.6 Å². The van der Waals surface area contributed by atoms with Gasteiger partial charge >= 0.3 is 0 Å². The molecule has 1 aromatic carbocycles. The van der Waals surface area contributed by atoms with Crippen LogP contribution in [0, 0.1) is 0 Å². The topological polar surface area (TPSA) is 25.2 Å². The van der Waals surface area contributed by atoms with E-state index in [1.54, 1.807) is 11.6 Å². The summed E-state index contributed by atoms with van der Waals surface area (Å²) in [4.78, 5) is 0. The van der Waals surface area contributed by atoms with Gasteiger partial charge < -0.3 is 9.73 Å². The summed E-state index contributed by atoms with van der Waals surface area (Å²) < 4.78 is 5.88. The van der Waals surface area contributed by atoms with Gasteiger partial charge in [-0.3, -0.25) is 0 Å². The fraction of sp³-hybridized carbons (Fsp3) is 0.368. The molecule has 0 fully saturated rings. The summed E-state index contributed by atoms with van der Waals surface area (Å²) in [6.45, 7) is 1.73. The number of hydrogen-bond donors (Lipinski definition) is 1. The number of halogens is 3. The summed E-state index contributed by atoms with van der Waals surface area (Å²) in [7, 11) is 0. The lowest BCUT2D eigenvalue weighted by Gasteiger charge is -2.12. The van der Waals surface area contributed by atoms with Crippen LogP contribution in [0.4, 0.5) is 0 Å². The fourth-order valence-corrected chi connectivity index (χ4v) is 3.44. The van der Waals surface area contributed by atoms with Crippen molar-refractivity contribution in [2.75, 3.05) is 6.54 Å². The molecule has 0 atom stereocenters. The molecule has 0 radical (unpaired) electrons. The molecule has 0 aliphatic heterocycles. The van der Waals surface area contributed by atoms with Crippen molar-refractivity contribution >= 4 is 35.6 Å². The van der Waals surface area contributed by atoms with Gasteiger partial charge in [-0.25, -0.2) is 0 Å². The molecule has 5 heteroatoms. The van der Waals surface area contributed by atoms with Crippen molar-refractivity contribution in [1.29, 1.82) is 0 Å². The smallest absolute Gasteiger partial charge is 0.134 e. The molecule has 2 nitrogen and oxygen atoms in total. The maximum absolute atomic E-state index is 6.04. The van der Waals surface area contributed by atoms with E-state index in [-0.39, 0.29) is 12.4 Å². The minimum absolute atomic E-state index is 0. The highest BCUT2D eigenvalue weighted by molar-refractivity contribution is 6.35. The molecule has 0 saturated carbocycles. The molecular weight excluding hydrogens is 365 g/mol. The van der Waals surface area contributed by atoms with Gasteiger partial charge in [-0.1, -0.05) is 34.9 Å². The van der Waals surface area contributed by atoms with Crippen LogP contribution in [-0.4, -0.2) is 6.54 Å². The largest absolute Gasteiger partial charge is 0.460 e. The van der Waals surface area contributed by atoms with Crippen LogP contribution in [0.2, 0.25) is 10.0 Å². The van der Waals surface area contributed by atoms with E-state index in [9.17, 15) is 0 Å². The molecule has 130 valence electrons. The quantitative estimate of drug-likeness (QED) is 0.444. The molecule has 2 aromatic rings. The van der Waals surface area contributed by atoms with Gasteiger partial charge in [-0.2, -0.15) is 0 Å². The molecule has 1 aliphatic rings. The normalized spacial score (nSPS) is 14.2. The Labute approximate surface area is 159 Å². The predicted molar refractivity (Wildman–Crippen MR) is 104 cm³/mol. The standard InChI is InChI=1S/C19H21Cl2NO.ClH/c20-16-10-15(11-17(21)12-16)19-7-6-18(23-19)13-22-9-8-14-4-2-1-3-5-14;/h4,6-7,10-12,22H,1-3,5,8-9,13H2;1H. The minimum atomic E-state index is 0. The van der Waals surface area contributed by atoms with E-state index >= 15 is 0 Å². The van der Waals surface area contributed by atoms with Crippen molar-refractivity contribution in [2.24, 2.45) is 0 Å². The molecule has 0 saturated heterocycles. The molecule has 3 rings (SSSR count). The maximum Gasteiger partial charge on any atom is 0.134 e. The summed E-state index contributed by atoms with van der Waals surface area (Å²) in [5, 5.41) is 4.68. The average Bonchev–Trinajstić information content (AvgIpc) is 3.01. The van der Waals surface area contributed by atoms with Crippen LogP contribution in [-0.2, 0) is 6.54 Å². The van der Waals surface area contributed by atoms with E-state index in [1.165, 1.54) is 25.7 Å². The summed E-state index contributed by atoms with van der Waals surface area (Å²) >= 11 is 12.1. The predicted octanol–water partition coefficient (Wildman–Crippen LogP) is 6.66. The van der Waals surface area contributed by atoms with Gasteiger partial charge in [0, 0.05) is 15.6 Å². The number of hydrogen-bond acceptors (Lipinski definition) is 2. The molecule has 0 bridgehead atoms. The monoisotopic (exact) mass is 385 g/mol. The van der Waals surface area contributed by atoms with E-state index in [0.29, 0.717) is 10.0 Å². The van der Waals surface area contributed by atoms with E-state index < -0.39 is 0 Å². The van der Waals surface area contributed by atoms with E-state index in [0.717, 1.165) is 36.6 Å². The highest BCUT2D eigenvalue weighted by Gasteiger charge is 2.07.